The van der Waals surface area contributed by atoms with Crippen molar-refractivity contribution in [2.75, 3.05) is 19.6 Å². The smallest absolute Gasteiger partial charge is 0.349 e. The number of fused-ring (bicyclic) bond motifs is 1. The van der Waals surface area contributed by atoms with E-state index in [1.165, 1.54) is 12.8 Å². The second-order valence-corrected chi connectivity index (χ2v) is 7.73. The number of likely N-dealkylation sites (tertiary alicyclic amines) is 1. The van der Waals surface area contributed by atoms with Crippen molar-refractivity contribution in [1.82, 2.24) is 10.2 Å². The minimum atomic E-state index is -0.589. The number of para-hydroxylation sites is 1. The number of hydrogen-bond donors (Lipinski definition) is 1. The van der Waals surface area contributed by atoms with Crippen LogP contribution in [0.1, 0.15) is 44.0 Å². The summed E-state index contributed by atoms with van der Waals surface area (Å²) in [4.78, 5) is 27.2. The predicted octanol–water partition coefficient (Wildman–Crippen LogP) is 3.28. The third kappa shape index (κ3) is 4.15. The van der Waals surface area contributed by atoms with Crippen LogP contribution in [0.15, 0.2) is 39.5 Å². The molecule has 140 valence electrons. The lowest BCUT2D eigenvalue weighted by Crippen LogP contribution is -2.50. The minimum Gasteiger partial charge on any atom is -0.422 e. The number of rotatable bonds is 5. The Morgan fingerprint density at radius 2 is 1.96 bits per heavy atom. The van der Waals surface area contributed by atoms with E-state index in [1.54, 1.807) is 18.2 Å². The van der Waals surface area contributed by atoms with Gasteiger partial charge in [-0.25, -0.2) is 4.79 Å². The van der Waals surface area contributed by atoms with Crippen molar-refractivity contribution in [2.45, 2.75) is 39.7 Å². The van der Waals surface area contributed by atoms with Crippen LogP contribution in [-0.2, 0) is 0 Å². The maximum absolute atomic E-state index is 12.6. The van der Waals surface area contributed by atoms with Crippen LogP contribution < -0.4 is 10.9 Å². The number of nitrogens with zero attached hydrogens (tertiary/aromatic N) is 1. The Kier molecular flexibility index (Phi) is 5.77. The Balaban J connectivity index is 1.70. The fourth-order valence-corrected chi connectivity index (χ4v) is 3.66. The van der Waals surface area contributed by atoms with Crippen molar-refractivity contribution in [3.05, 3.63) is 46.3 Å². The van der Waals surface area contributed by atoms with Crippen molar-refractivity contribution in [3.8, 4) is 0 Å². The van der Waals surface area contributed by atoms with Gasteiger partial charge in [0.15, 0.2) is 0 Å². The Hall–Kier alpha value is -2.14. The highest BCUT2D eigenvalue weighted by atomic mass is 16.4. The van der Waals surface area contributed by atoms with Crippen LogP contribution in [0.4, 0.5) is 0 Å². The molecule has 5 heteroatoms. The maximum Gasteiger partial charge on any atom is 0.349 e. The molecule has 0 saturated carbocycles. The number of carbonyl (C=O) groups is 1. The lowest BCUT2D eigenvalue weighted by atomic mass is 9.94. The molecule has 3 rings (SSSR count). The normalized spacial score (nSPS) is 17.5. The van der Waals surface area contributed by atoms with Crippen molar-refractivity contribution in [1.29, 1.82) is 0 Å². The summed E-state index contributed by atoms with van der Waals surface area (Å²) >= 11 is 0. The Labute approximate surface area is 154 Å². The van der Waals surface area contributed by atoms with E-state index in [9.17, 15) is 9.59 Å². The van der Waals surface area contributed by atoms with Gasteiger partial charge in [0.25, 0.3) is 5.91 Å². The van der Waals surface area contributed by atoms with Gasteiger partial charge in [0.2, 0.25) is 0 Å². The van der Waals surface area contributed by atoms with Gasteiger partial charge in [-0.05, 0) is 49.9 Å². The molecule has 2 heterocycles. The molecular weight excluding hydrogens is 328 g/mol. The average molecular weight is 356 g/mol. The number of hydrogen-bond acceptors (Lipinski definition) is 4. The Morgan fingerprint density at radius 1 is 1.27 bits per heavy atom. The van der Waals surface area contributed by atoms with Gasteiger partial charge < -0.3 is 9.73 Å². The molecule has 1 atom stereocenters. The van der Waals surface area contributed by atoms with Crippen LogP contribution in [0, 0.1) is 11.8 Å². The molecule has 1 N–H and O–H groups in total. The number of amides is 1. The lowest BCUT2D eigenvalue weighted by molar-refractivity contribution is 0.0860. The average Bonchev–Trinajstić information content (AvgIpc) is 2.62. The Bertz CT molecular complexity index is 819. The van der Waals surface area contributed by atoms with Crippen molar-refractivity contribution in [2.24, 2.45) is 11.8 Å². The van der Waals surface area contributed by atoms with E-state index in [1.807, 2.05) is 12.1 Å². The zero-order chi connectivity index (χ0) is 18.7. The first-order valence-electron chi connectivity index (χ1n) is 9.51. The van der Waals surface area contributed by atoms with Crippen molar-refractivity contribution in [3.63, 3.8) is 0 Å². The maximum atomic E-state index is 12.6. The standard InChI is InChI=1S/C21H28N2O3/c1-14(2)18(23-10-8-15(3)9-11-23)13-22-20(24)17-12-16-6-4-5-7-19(16)26-21(17)25/h4-7,12,14-15,18H,8-11,13H2,1-3H3,(H,22,24). The van der Waals surface area contributed by atoms with Crippen LogP contribution >= 0.6 is 0 Å². The van der Waals surface area contributed by atoms with Crippen LogP contribution in [0.3, 0.4) is 0 Å². The zero-order valence-electron chi connectivity index (χ0n) is 15.8. The topological polar surface area (TPSA) is 62.6 Å². The van der Waals surface area contributed by atoms with Gasteiger partial charge in [0, 0.05) is 18.0 Å². The van der Waals surface area contributed by atoms with Gasteiger partial charge in [-0.3, -0.25) is 9.69 Å². The van der Waals surface area contributed by atoms with E-state index in [0.29, 0.717) is 18.0 Å². The fourth-order valence-electron chi connectivity index (χ4n) is 3.66. The highest BCUT2D eigenvalue weighted by Gasteiger charge is 2.26. The van der Waals surface area contributed by atoms with Gasteiger partial charge in [-0.15, -0.1) is 0 Å². The van der Waals surface area contributed by atoms with E-state index in [2.05, 4.69) is 31.0 Å². The van der Waals surface area contributed by atoms with Crippen molar-refractivity contribution >= 4 is 16.9 Å². The largest absolute Gasteiger partial charge is 0.422 e. The number of nitrogens with one attached hydrogen (secondary N) is 1. The molecular formula is C21H28N2O3. The van der Waals surface area contributed by atoms with Crippen LogP contribution in [0.2, 0.25) is 0 Å². The summed E-state index contributed by atoms with van der Waals surface area (Å²) in [6.07, 6.45) is 2.40. The molecule has 0 radical (unpaired) electrons. The molecule has 1 aromatic carbocycles. The molecule has 0 bridgehead atoms. The highest BCUT2D eigenvalue weighted by Crippen LogP contribution is 2.21. The summed E-state index contributed by atoms with van der Waals surface area (Å²) in [5.41, 5.74) is -0.0240. The van der Waals surface area contributed by atoms with E-state index >= 15 is 0 Å². The van der Waals surface area contributed by atoms with E-state index < -0.39 is 5.63 Å². The van der Waals surface area contributed by atoms with Gasteiger partial charge in [-0.1, -0.05) is 39.0 Å². The SMILES string of the molecule is CC1CCN(C(CNC(=O)c2cc3ccccc3oc2=O)C(C)C)CC1. The summed E-state index contributed by atoms with van der Waals surface area (Å²) in [5, 5.41) is 3.71. The van der Waals surface area contributed by atoms with E-state index in [4.69, 9.17) is 4.42 Å². The molecule has 0 aliphatic carbocycles. The second-order valence-electron chi connectivity index (χ2n) is 7.73. The number of carbonyl (C=O) groups excluding carboxylic acids is 1. The van der Waals surface area contributed by atoms with Gasteiger partial charge in [0.1, 0.15) is 11.1 Å². The minimum absolute atomic E-state index is 0.0680. The van der Waals surface area contributed by atoms with Crippen LogP contribution in [0.5, 0.6) is 0 Å². The van der Waals surface area contributed by atoms with Gasteiger partial charge in [0.05, 0.1) is 0 Å². The molecule has 2 aromatic rings. The van der Waals surface area contributed by atoms with Crippen molar-refractivity contribution < 1.29 is 9.21 Å². The first-order valence-corrected chi connectivity index (χ1v) is 9.51. The number of piperidine rings is 1. The molecule has 1 aromatic heterocycles. The molecule has 1 fully saturated rings. The summed E-state index contributed by atoms with van der Waals surface area (Å²) in [6.45, 7) is 9.33. The molecule has 5 nitrogen and oxygen atoms in total. The van der Waals surface area contributed by atoms with Gasteiger partial charge in [-0.2, -0.15) is 0 Å². The molecule has 1 aliphatic heterocycles. The zero-order valence-corrected chi connectivity index (χ0v) is 15.8. The monoisotopic (exact) mass is 356 g/mol. The first-order chi connectivity index (χ1) is 12.5. The lowest BCUT2D eigenvalue weighted by Gasteiger charge is -2.38. The molecule has 26 heavy (non-hydrogen) atoms. The quantitative estimate of drug-likeness (QED) is 0.835. The second kappa shape index (κ2) is 8.04. The highest BCUT2D eigenvalue weighted by molar-refractivity contribution is 5.96. The van der Waals surface area contributed by atoms with Crippen LogP contribution in [0.25, 0.3) is 11.0 Å². The van der Waals surface area contributed by atoms with E-state index in [-0.39, 0.29) is 17.5 Å². The molecule has 1 unspecified atom stereocenters. The van der Waals surface area contributed by atoms with Crippen LogP contribution in [-0.4, -0.2) is 36.5 Å². The molecule has 1 amide bonds. The van der Waals surface area contributed by atoms with E-state index in [0.717, 1.165) is 24.4 Å². The number of benzene rings is 1. The predicted molar refractivity (Wildman–Crippen MR) is 103 cm³/mol. The molecule has 1 aliphatic rings. The third-order valence-corrected chi connectivity index (χ3v) is 5.41. The molecule has 1 saturated heterocycles. The summed E-state index contributed by atoms with van der Waals surface area (Å²) < 4.78 is 5.27. The Morgan fingerprint density at radius 3 is 2.65 bits per heavy atom. The van der Waals surface area contributed by atoms with Gasteiger partial charge >= 0.3 is 5.63 Å². The molecule has 0 spiro atoms. The fraction of sp³-hybridized carbons (Fsp3) is 0.524. The summed E-state index contributed by atoms with van der Waals surface area (Å²) in [5.74, 6) is 0.841. The third-order valence-electron chi connectivity index (χ3n) is 5.41. The summed E-state index contributed by atoms with van der Waals surface area (Å²) in [7, 11) is 0. The summed E-state index contributed by atoms with van der Waals surface area (Å²) in [6, 6.07) is 9.11. The first kappa shape index (κ1) is 18.6.